The maximum Gasteiger partial charge on any atom is 0.573 e. The molecule has 0 amide bonds. The van der Waals surface area contributed by atoms with Gasteiger partial charge in [0.2, 0.25) is 0 Å². The number of nitro groups is 1. The van der Waals surface area contributed by atoms with Crippen LogP contribution < -0.4 is 9.47 Å². The minimum absolute atomic E-state index is 0.188. The van der Waals surface area contributed by atoms with Gasteiger partial charge in [-0.25, -0.2) is 0 Å². The van der Waals surface area contributed by atoms with Crippen LogP contribution in [0, 0.1) is 10.1 Å². The van der Waals surface area contributed by atoms with Gasteiger partial charge >= 0.3 is 6.36 Å². The maximum absolute atomic E-state index is 12.4. The van der Waals surface area contributed by atoms with Crippen molar-refractivity contribution in [2.24, 2.45) is 4.99 Å². The van der Waals surface area contributed by atoms with Gasteiger partial charge in [-0.1, -0.05) is 30.3 Å². The van der Waals surface area contributed by atoms with Gasteiger partial charge in [-0.15, -0.1) is 13.2 Å². The molecule has 31 heavy (non-hydrogen) atoms. The summed E-state index contributed by atoms with van der Waals surface area (Å²) in [4.78, 5) is 16.6. The van der Waals surface area contributed by atoms with Crippen LogP contribution >= 0.6 is 0 Å². The zero-order valence-electron chi connectivity index (χ0n) is 15.9. The second kappa shape index (κ2) is 8.17. The highest BCUT2D eigenvalue weighted by Gasteiger charge is 2.44. The lowest BCUT2D eigenvalue weighted by Crippen LogP contribution is -2.36. The van der Waals surface area contributed by atoms with Crippen molar-refractivity contribution in [1.29, 1.82) is 0 Å². The highest BCUT2D eigenvalue weighted by atomic mass is 19.4. The molecule has 1 fully saturated rings. The molecule has 8 nitrogen and oxygen atoms in total. The molecule has 0 aliphatic carbocycles. The summed E-state index contributed by atoms with van der Waals surface area (Å²) in [6.07, 6.45) is -4.17. The summed E-state index contributed by atoms with van der Waals surface area (Å²) in [6, 6.07) is 13.3. The van der Waals surface area contributed by atoms with Crippen LogP contribution in [-0.2, 0) is 4.74 Å². The smallest absolute Gasteiger partial charge is 0.490 e. The highest BCUT2D eigenvalue weighted by molar-refractivity contribution is 5.78. The summed E-state index contributed by atoms with van der Waals surface area (Å²) in [5.41, 5.74) is 0.180. The van der Waals surface area contributed by atoms with Crippen LogP contribution in [0.4, 0.5) is 13.2 Å². The maximum atomic E-state index is 12.4. The Bertz CT molecular complexity index is 1010. The lowest BCUT2D eigenvalue weighted by atomic mass is 10.0. The second-order valence-electron chi connectivity index (χ2n) is 6.76. The molecule has 2 aromatic rings. The Labute approximate surface area is 174 Å². The number of amidine groups is 1. The zero-order chi connectivity index (χ0) is 22.0. The second-order valence-corrected chi connectivity index (χ2v) is 6.76. The van der Waals surface area contributed by atoms with Crippen molar-refractivity contribution >= 4 is 6.02 Å². The number of para-hydroxylation sites is 1. The van der Waals surface area contributed by atoms with Crippen molar-refractivity contribution in [2.75, 3.05) is 13.2 Å². The van der Waals surface area contributed by atoms with Crippen LogP contribution in [-0.4, -0.2) is 41.5 Å². The molecule has 4 rings (SSSR count). The quantitative estimate of drug-likeness (QED) is 0.506. The van der Waals surface area contributed by atoms with Crippen LogP contribution in [0.15, 0.2) is 71.5 Å². The van der Waals surface area contributed by atoms with E-state index in [0.717, 1.165) is 18.3 Å². The average Bonchev–Trinajstić information content (AvgIpc) is 3.15. The van der Waals surface area contributed by atoms with E-state index in [4.69, 9.17) is 9.47 Å². The number of hydrogen-bond donors (Lipinski definition) is 0. The van der Waals surface area contributed by atoms with E-state index in [9.17, 15) is 23.3 Å². The van der Waals surface area contributed by atoms with Gasteiger partial charge in [-0.3, -0.25) is 10.1 Å². The topological polar surface area (TPSA) is 86.4 Å². The first-order valence-corrected chi connectivity index (χ1v) is 9.19. The largest absolute Gasteiger partial charge is 0.573 e. The number of ether oxygens (including phenoxy) is 3. The summed E-state index contributed by atoms with van der Waals surface area (Å²) in [5.74, 6) is 0.234. The van der Waals surface area contributed by atoms with Crippen molar-refractivity contribution < 1.29 is 32.3 Å². The van der Waals surface area contributed by atoms with Crippen LogP contribution in [0.25, 0.3) is 0 Å². The molecule has 0 saturated carbocycles. The first-order valence-electron chi connectivity index (χ1n) is 9.19. The molecular weight excluding hydrogens is 419 g/mol. The van der Waals surface area contributed by atoms with E-state index in [-0.39, 0.29) is 24.9 Å². The number of fused-ring (bicyclic) bond motifs is 1. The van der Waals surface area contributed by atoms with Crippen molar-refractivity contribution in [3.63, 3.8) is 0 Å². The molecule has 11 heteroatoms. The molecule has 162 valence electrons. The number of halogens is 3. The zero-order valence-corrected chi connectivity index (χ0v) is 15.9. The normalized spacial score (nSPS) is 20.3. The van der Waals surface area contributed by atoms with Gasteiger partial charge in [-0.05, 0) is 29.8 Å². The van der Waals surface area contributed by atoms with Crippen LogP contribution in [0.3, 0.4) is 0 Å². The molecule has 0 unspecified atom stereocenters. The molecule has 1 saturated heterocycles. The fraction of sp³-hybridized carbons (Fsp3) is 0.250. The molecule has 2 heterocycles. The van der Waals surface area contributed by atoms with Crippen LogP contribution in [0.2, 0.25) is 0 Å². The van der Waals surface area contributed by atoms with E-state index in [0.29, 0.717) is 11.3 Å². The fourth-order valence-corrected chi connectivity index (χ4v) is 3.37. The Morgan fingerprint density at radius 1 is 1.13 bits per heavy atom. The molecular formula is C20H16F3N3O5. The van der Waals surface area contributed by atoms with Gasteiger partial charge in [0.15, 0.2) is 12.1 Å². The van der Waals surface area contributed by atoms with Crippen molar-refractivity contribution in [1.82, 2.24) is 4.90 Å². The molecule has 0 radical (unpaired) electrons. The first-order chi connectivity index (χ1) is 14.8. The van der Waals surface area contributed by atoms with Crippen LogP contribution in [0.5, 0.6) is 11.5 Å². The molecule has 0 spiro atoms. The predicted octanol–water partition coefficient (Wildman–Crippen LogP) is 3.89. The number of aliphatic imine (C=N–C) groups is 1. The van der Waals surface area contributed by atoms with E-state index in [1.54, 1.807) is 17.0 Å². The lowest BCUT2D eigenvalue weighted by molar-refractivity contribution is -0.433. The molecule has 2 aliphatic heterocycles. The number of rotatable bonds is 6. The summed E-state index contributed by atoms with van der Waals surface area (Å²) in [7, 11) is 0. The molecule has 0 N–H and O–H groups in total. The summed E-state index contributed by atoms with van der Waals surface area (Å²) < 4.78 is 52.5. The number of benzene rings is 2. The molecule has 2 aliphatic rings. The minimum Gasteiger partial charge on any atom is -0.490 e. The minimum atomic E-state index is -4.83. The first kappa shape index (κ1) is 20.5. The number of nitrogens with zero attached hydrogens (tertiary/aromatic N) is 3. The van der Waals surface area contributed by atoms with Gasteiger partial charge in [0.1, 0.15) is 24.3 Å². The van der Waals surface area contributed by atoms with E-state index in [1.807, 2.05) is 18.2 Å². The van der Waals surface area contributed by atoms with Crippen LogP contribution in [0.1, 0.15) is 11.6 Å². The predicted molar refractivity (Wildman–Crippen MR) is 102 cm³/mol. The third-order valence-corrected chi connectivity index (χ3v) is 4.64. The Morgan fingerprint density at radius 3 is 2.48 bits per heavy atom. The monoisotopic (exact) mass is 435 g/mol. The van der Waals surface area contributed by atoms with E-state index in [1.165, 1.54) is 12.1 Å². The van der Waals surface area contributed by atoms with E-state index >= 15 is 0 Å². The van der Waals surface area contributed by atoms with E-state index < -0.39 is 29.2 Å². The lowest BCUT2D eigenvalue weighted by Gasteiger charge is -2.27. The Morgan fingerprint density at radius 2 is 1.84 bits per heavy atom. The van der Waals surface area contributed by atoms with Crippen molar-refractivity contribution in [3.05, 3.63) is 82.2 Å². The van der Waals surface area contributed by atoms with Gasteiger partial charge in [0, 0.05) is 0 Å². The van der Waals surface area contributed by atoms with Crippen molar-refractivity contribution in [3.8, 4) is 11.5 Å². The van der Waals surface area contributed by atoms with Gasteiger partial charge < -0.3 is 19.1 Å². The fourth-order valence-electron chi connectivity index (χ4n) is 3.37. The third kappa shape index (κ3) is 4.71. The standard InChI is InChI=1S/C20H16F3N3O5/c21-20(22,23)31-15-8-6-13(7-9-15)18-17(26(27)28)10-24-19-25(18)11-16(30-19)12-29-14-4-2-1-3-5-14/h1-10,16,18H,11-12H2/t16-,18+/m1/s1. The van der Waals surface area contributed by atoms with Gasteiger partial charge in [-0.2, -0.15) is 4.99 Å². The SMILES string of the molecule is O=[N+]([O-])C1=CN=C2O[C@@H](COc3ccccc3)CN2[C@H]1c1ccc(OC(F)(F)F)cc1. The Balaban J connectivity index is 1.52. The summed E-state index contributed by atoms with van der Waals surface area (Å²) in [6.45, 7) is 0.445. The van der Waals surface area contributed by atoms with E-state index in [2.05, 4.69) is 9.73 Å². The van der Waals surface area contributed by atoms with Gasteiger partial charge in [0.05, 0.1) is 11.5 Å². The van der Waals surface area contributed by atoms with Gasteiger partial charge in [0.25, 0.3) is 11.7 Å². The molecule has 0 aromatic heterocycles. The number of alkyl halides is 3. The Hall–Kier alpha value is -3.76. The highest BCUT2D eigenvalue weighted by Crippen LogP contribution is 2.36. The third-order valence-electron chi connectivity index (χ3n) is 4.64. The molecule has 2 atom stereocenters. The van der Waals surface area contributed by atoms with Crippen molar-refractivity contribution in [2.45, 2.75) is 18.5 Å². The molecule has 0 bridgehead atoms. The number of hydrogen-bond acceptors (Lipinski definition) is 7. The molecule has 2 aromatic carbocycles. The Kier molecular flexibility index (Phi) is 5.40. The summed E-state index contributed by atoms with van der Waals surface area (Å²) >= 11 is 0. The average molecular weight is 435 g/mol. The summed E-state index contributed by atoms with van der Waals surface area (Å²) in [5, 5.41) is 11.6.